The third-order valence-electron chi connectivity index (χ3n) is 4.59. The molecule has 114 valence electrons. The van der Waals surface area contributed by atoms with Gasteiger partial charge in [-0.05, 0) is 32.2 Å². The lowest BCUT2D eigenvalue weighted by molar-refractivity contribution is -0.148. The molecule has 2 N–H and O–H groups in total. The fourth-order valence-electron chi connectivity index (χ4n) is 3.23. The summed E-state index contributed by atoms with van der Waals surface area (Å²) in [4.78, 5) is 25.8. The van der Waals surface area contributed by atoms with Gasteiger partial charge < -0.3 is 10.4 Å². The van der Waals surface area contributed by atoms with Gasteiger partial charge in [-0.3, -0.25) is 14.5 Å². The minimum absolute atomic E-state index is 0.0658. The van der Waals surface area contributed by atoms with E-state index in [1.54, 1.807) is 0 Å². The number of hydrogen-bond acceptors (Lipinski definition) is 3. The maximum absolute atomic E-state index is 12.2. The predicted octanol–water partition coefficient (Wildman–Crippen LogP) is 1.48. The first kappa shape index (κ1) is 15.3. The maximum Gasteiger partial charge on any atom is 0.307 e. The van der Waals surface area contributed by atoms with Crippen molar-refractivity contribution >= 4 is 11.9 Å². The Morgan fingerprint density at radius 1 is 1.15 bits per heavy atom. The zero-order valence-corrected chi connectivity index (χ0v) is 12.3. The Hall–Kier alpha value is -1.10. The lowest BCUT2D eigenvalue weighted by Crippen LogP contribution is -2.42. The van der Waals surface area contributed by atoms with Gasteiger partial charge in [0.25, 0.3) is 0 Å². The van der Waals surface area contributed by atoms with Crippen LogP contribution in [0.2, 0.25) is 0 Å². The number of carboxylic acid groups (broad SMARTS) is 1. The average molecular weight is 282 g/mol. The van der Waals surface area contributed by atoms with Gasteiger partial charge in [0.15, 0.2) is 0 Å². The molecule has 5 nitrogen and oxygen atoms in total. The van der Waals surface area contributed by atoms with E-state index in [0.717, 1.165) is 25.9 Å². The summed E-state index contributed by atoms with van der Waals surface area (Å²) in [7, 11) is 0. The number of hydrogen-bond donors (Lipinski definition) is 2. The highest BCUT2D eigenvalue weighted by Gasteiger charge is 2.35. The average Bonchev–Trinajstić information content (AvgIpc) is 3.28. The largest absolute Gasteiger partial charge is 0.481 e. The molecule has 0 spiro atoms. The lowest BCUT2D eigenvalue weighted by Gasteiger charge is -2.28. The summed E-state index contributed by atoms with van der Waals surface area (Å²) in [5.74, 6) is -1.71. The van der Waals surface area contributed by atoms with E-state index in [1.807, 2.05) is 0 Å². The molecule has 0 unspecified atom stereocenters. The summed E-state index contributed by atoms with van der Waals surface area (Å²) in [5.41, 5.74) is 0. The number of carbonyl (C=O) groups is 2. The second-order valence-corrected chi connectivity index (χ2v) is 5.99. The van der Waals surface area contributed by atoms with Gasteiger partial charge in [0.1, 0.15) is 0 Å². The SMILES string of the molecule is CCN(CCNC(=O)[C@@H]1CCCC[C@@H]1C(=O)O)C1CC1. The first-order valence-corrected chi connectivity index (χ1v) is 7.88. The van der Waals surface area contributed by atoms with E-state index >= 15 is 0 Å². The molecule has 0 heterocycles. The van der Waals surface area contributed by atoms with Crippen molar-refractivity contribution in [2.24, 2.45) is 11.8 Å². The van der Waals surface area contributed by atoms with Crippen LogP contribution in [0.1, 0.15) is 45.4 Å². The fourth-order valence-corrected chi connectivity index (χ4v) is 3.23. The van der Waals surface area contributed by atoms with Crippen LogP contribution in [0.3, 0.4) is 0 Å². The Morgan fingerprint density at radius 3 is 2.35 bits per heavy atom. The number of amides is 1. The van der Waals surface area contributed by atoms with E-state index in [9.17, 15) is 14.7 Å². The van der Waals surface area contributed by atoms with Gasteiger partial charge in [-0.25, -0.2) is 0 Å². The van der Waals surface area contributed by atoms with Crippen molar-refractivity contribution in [1.29, 1.82) is 0 Å². The molecule has 0 aromatic carbocycles. The van der Waals surface area contributed by atoms with Crippen LogP contribution in [0.5, 0.6) is 0 Å². The minimum atomic E-state index is -0.821. The summed E-state index contributed by atoms with van der Waals surface area (Å²) in [5, 5.41) is 12.1. The van der Waals surface area contributed by atoms with Gasteiger partial charge in [0, 0.05) is 19.1 Å². The smallest absolute Gasteiger partial charge is 0.307 e. The molecule has 0 aromatic rings. The molecule has 20 heavy (non-hydrogen) atoms. The topological polar surface area (TPSA) is 69.6 Å². The first-order chi connectivity index (χ1) is 9.63. The molecule has 2 aliphatic rings. The maximum atomic E-state index is 12.2. The molecule has 2 atom stereocenters. The Bertz CT molecular complexity index is 355. The molecule has 2 saturated carbocycles. The Balaban J connectivity index is 1.76. The Morgan fingerprint density at radius 2 is 1.80 bits per heavy atom. The van der Waals surface area contributed by atoms with Crippen LogP contribution in [-0.2, 0) is 9.59 Å². The highest BCUT2D eigenvalue weighted by molar-refractivity contribution is 5.84. The standard InChI is InChI=1S/C15H26N2O3/c1-2-17(11-7-8-11)10-9-16-14(18)12-5-3-4-6-13(12)15(19)20/h11-13H,2-10H2,1H3,(H,16,18)(H,19,20)/t12-,13+/m1/s1. The number of nitrogens with zero attached hydrogens (tertiary/aromatic N) is 1. The molecule has 0 aliphatic heterocycles. The van der Waals surface area contributed by atoms with Crippen molar-refractivity contribution < 1.29 is 14.7 Å². The summed E-state index contributed by atoms with van der Waals surface area (Å²) < 4.78 is 0. The molecule has 2 rings (SSSR count). The predicted molar refractivity (Wildman–Crippen MR) is 76.4 cm³/mol. The fraction of sp³-hybridized carbons (Fsp3) is 0.867. The number of carbonyl (C=O) groups excluding carboxylic acids is 1. The van der Waals surface area contributed by atoms with E-state index in [0.29, 0.717) is 25.4 Å². The van der Waals surface area contributed by atoms with Gasteiger partial charge in [0.2, 0.25) is 5.91 Å². The van der Waals surface area contributed by atoms with E-state index in [-0.39, 0.29) is 11.8 Å². The monoisotopic (exact) mass is 282 g/mol. The van der Waals surface area contributed by atoms with Crippen LogP contribution >= 0.6 is 0 Å². The quantitative estimate of drug-likeness (QED) is 0.742. The van der Waals surface area contributed by atoms with Crippen molar-refractivity contribution in [3.8, 4) is 0 Å². The zero-order chi connectivity index (χ0) is 14.5. The minimum Gasteiger partial charge on any atom is -0.481 e. The van der Waals surface area contributed by atoms with E-state index in [2.05, 4.69) is 17.1 Å². The van der Waals surface area contributed by atoms with Crippen LogP contribution in [0.15, 0.2) is 0 Å². The molecule has 0 aromatic heterocycles. The molecule has 0 radical (unpaired) electrons. The van der Waals surface area contributed by atoms with Crippen LogP contribution in [-0.4, -0.2) is 47.6 Å². The molecule has 0 saturated heterocycles. The molecule has 5 heteroatoms. The molecule has 2 fully saturated rings. The number of rotatable bonds is 7. The summed E-state index contributed by atoms with van der Waals surface area (Å²) in [6, 6.07) is 0.707. The summed E-state index contributed by atoms with van der Waals surface area (Å²) in [6.07, 6.45) is 5.77. The van der Waals surface area contributed by atoms with Crippen LogP contribution in [0.25, 0.3) is 0 Å². The van der Waals surface area contributed by atoms with Crippen LogP contribution in [0, 0.1) is 11.8 Å². The highest BCUT2D eigenvalue weighted by atomic mass is 16.4. The molecular weight excluding hydrogens is 256 g/mol. The van der Waals surface area contributed by atoms with Gasteiger partial charge >= 0.3 is 5.97 Å². The molecule has 0 bridgehead atoms. The van der Waals surface area contributed by atoms with Crippen LogP contribution < -0.4 is 5.32 Å². The third kappa shape index (κ3) is 3.95. The first-order valence-electron chi connectivity index (χ1n) is 7.88. The van der Waals surface area contributed by atoms with Gasteiger partial charge in [-0.15, -0.1) is 0 Å². The van der Waals surface area contributed by atoms with Crippen molar-refractivity contribution in [1.82, 2.24) is 10.2 Å². The van der Waals surface area contributed by atoms with Crippen molar-refractivity contribution in [2.45, 2.75) is 51.5 Å². The normalized spacial score (nSPS) is 26.5. The number of aliphatic carboxylic acids is 1. The highest BCUT2D eigenvalue weighted by Crippen LogP contribution is 2.30. The van der Waals surface area contributed by atoms with Crippen LogP contribution in [0.4, 0.5) is 0 Å². The summed E-state index contributed by atoms with van der Waals surface area (Å²) >= 11 is 0. The number of carboxylic acids is 1. The van der Waals surface area contributed by atoms with E-state index in [4.69, 9.17) is 0 Å². The van der Waals surface area contributed by atoms with Gasteiger partial charge in [-0.1, -0.05) is 19.8 Å². The second kappa shape index (κ2) is 7.07. The second-order valence-electron chi connectivity index (χ2n) is 5.99. The van der Waals surface area contributed by atoms with Crippen molar-refractivity contribution in [3.63, 3.8) is 0 Å². The van der Waals surface area contributed by atoms with Crippen molar-refractivity contribution in [3.05, 3.63) is 0 Å². The lowest BCUT2D eigenvalue weighted by atomic mass is 9.79. The molecule has 1 amide bonds. The number of nitrogens with one attached hydrogen (secondary N) is 1. The van der Waals surface area contributed by atoms with Gasteiger partial charge in [0.05, 0.1) is 11.8 Å². The molecular formula is C15H26N2O3. The Kier molecular flexibility index (Phi) is 5.40. The van der Waals surface area contributed by atoms with Crippen molar-refractivity contribution in [2.75, 3.05) is 19.6 Å². The molecule has 2 aliphatic carbocycles. The third-order valence-corrected chi connectivity index (χ3v) is 4.59. The Labute approximate surface area is 120 Å². The summed E-state index contributed by atoms with van der Waals surface area (Å²) in [6.45, 7) is 4.66. The van der Waals surface area contributed by atoms with E-state index in [1.165, 1.54) is 12.8 Å². The number of likely N-dealkylation sites (N-methyl/N-ethyl adjacent to an activating group) is 1. The van der Waals surface area contributed by atoms with E-state index < -0.39 is 11.9 Å². The van der Waals surface area contributed by atoms with Gasteiger partial charge in [-0.2, -0.15) is 0 Å². The zero-order valence-electron chi connectivity index (χ0n) is 12.3.